The van der Waals surface area contributed by atoms with Crippen LogP contribution in [0.5, 0.6) is 0 Å². The second-order valence-corrected chi connectivity index (χ2v) is 7.65. The zero-order valence-electron chi connectivity index (χ0n) is 13.3. The molecule has 0 saturated carbocycles. The van der Waals surface area contributed by atoms with Crippen molar-refractivity contribution in [2.45, 2.75) is 39.5 Å². The lowest BCUT2D eigenvalue weighted by Crippen LogP contribution is -2.42. The van der Waals surface area contributed by atoms with Crippen LogP contribution < -0.4 is 5.32 Å². The fourth-order valence-electron chi connectivity index (χ4n) is 2.76. The van der Waals surface area contributed by atoms with Crippen molar-refractivity contribution in [3.63, 3.8) is 0 Å². The Labute approximate surface area is 132 Å². The average molecular weight is 324 g/mol. The molecule has 22 heavy (non-hydrogen) atoms. The van der Waals surface area contributed by atoms with Gasteiger partial charge in [-0.25, -0.2) is 8.42 Å². The summed E-state index contributed by atoms with van der Waals surface area (Å²) in [5.74, 6) is -0.118. The van der Waals surface area contributed by atoms with E-state index in [4.69, 9.17) is 0 Å². The van der Waals surface area contributed by atoms with Gasteiger partial charge in [0.25, 0.3) is 0 Å². The minimum absolute atomic E-state index is 0.0937. The molecule has 1 N–H and O–H groups in total. The highest BCUT2D eigenvalue weighted by molar-refractivity contribution is 7.89. The number of benzene rings is 1. The first-order valence-electron chi connectivity index (χ1n) is 7.86. The summed E-state index contributed by atoms with van der Waals surface area (Å²) >= 11 is 0. The van der Waals surface area contributed by atoms with E-state index in [1.807, 2.05) is 32.0 Å². The van der Waals surface area contributed by atoms with E-state index in [1.54, 1.807) is 0 Å². The molecule has 0 unspecified atom stereocenters. The van der Waals surface area contributed by atoms with Crippen molar-refractivity contribution < 1.29 is 13.2 Å². The Kier molecular flexibility index (Phi) is 5.58. The van der Waals surface area contributed by atoms with Gasteiger partial charge in [0.05, 0.1) is 12.3 Å². The standard InChI is InChI=1S/C16H24N2O3S/c1-3-13-8-7-9-14(4-2)16(13)17-15(19)12-18-10-5-6-11-22(18,20)21/h7-9H,3-6,10-12H2,1-2H3,(H,17,19). The van der Waals surface area contributed by atoms with Gasteiger partial charge in [0.15, 0.2) is 0 Å². The number of rotatable bonds is 5. The van der Waals surface area contributed by atoms with Crippen molar-refractivity contribution in [2.24, 2.45) is 0 Å². The lowest BCUT2D eigenvalue weighted by Gasteiger charge is -2.26. The molecule has 0 atom stereocenters. The molecule has 1 aliphatic heterocycles. The Morgan fingerprint density at radius 3 is 2.36 bits per heavy atom. The molecule has 1 aliphatic rings. The summed E-state index contributed by atoms with van der Waals surface area (Å²) in [6, 6.07) is 5.97. The van der Waals surface area contributed by atoms with E-state index in [1.165, 1.54) is 4.31 Å². The van der Waals surface area contributed by atoms with Crippen LogP contribution in [0.4, 0.5) is 5.69 Å². The van der Waals surface area contributed by atoms with Gasteiger partial charge >= 0.3 is 0 Å². The van der Waals surface area contributed by atoms with Crippen LogP contribution in [0, 0.1) is 0 Å². The van der Waals surface area contributed by atoms with E-state index in [0.29, 0.717) is 13.0 Å². The number of anilines is 1. The molecular weight excluding hydrogens is 300 g/mol. The van der Waals surface area contributed by atoms with Crippen LogP contribution in [0.15, 0.2) is 18.2 Å². The molecule has 1 fully saturated rings. The molecule has 1 heterocycles. The fraction of sp³-hybridized carbons (Fsp3) is 0.562. The number of carbonyl (C=O) groups excluding carboxylic acids is 1. The van der Waals surface area contributed by atoms with Crippen LogP contribution in [-0.2, 0) is 27.7 Å². The first kappa shape index (κ1) is 17.0. The predicted octanol–water partition coefficient (Wildman–Crippen LogP) is 2.18. The Bertz CT molecular complexity index is 619. The monoisotopic (exact) mass is 324 g/mol. The zero-order valence-corrected chi connectivity index (χ0v) is 14.1. The van der Waals surface area contributed by atoms with Crippen LogP contribution in [0.3, 0.4) is 0 Å². The normalized spacial score (nSPS) is 18.1. The molecule has 5 nitrogen and oxygen atoms in total. The van der Waals surface area contributed by atoms with E-state index in [9.17, 15) is 13.2 Å². The Morgan fingerprint density at radius 2 is 1.82 bits per heavy atom. The highest BCUT2D eigenvalue weighted by Gasteiger charge is 2.27. The third-order valence-corrected chi connectivity index (χ3v) is 5.94. The minimum atomic E-state index is -3.27. The molecule has 1 aromatic carbocycles. The summed E-state index contributed by atoms with van der Waals surface area (Å²) in [5, 5.41) is 2.92. The molecule has 0 aliphatic carbocycles. The summed E-state index contributed by atoms with van der Waals surface area (Å²) in [7, 11) is -3.27. The van der Waals surface area contributed by atoms with Crippen molar-refractivity contribution >= 4 is 21.6 Å². The number of hydrogen-bond acceptors (Lipinski definition) is 3. The summed E-state index contributed by atoms with van der Waals surface area (Å²) in [4.78, 5) is 12.3. The summed E-state index contributed by atoms with van der Waals surface area (Å²) < 4.78 is 25.2. The number of nitrogens with zero attached hydrogens (tertiary/aromatic N) is 1. The molecule has 2 rings (SSSR count). The summed E-state index contributed by atoms with van der Waals surface area (Å²) in [6.45, 7) is 4.42. The van der Waals surface area contributed by atoms with Crippen molar-refractivity contribution in [3.8, 4) is 0 Å². The van der Waals surface area contributed by atoms with E-state index < -0.39 is 10.0 Å². The quantitative estimate of drug-likeness (QED) is 0.903. The second-order valence-electron chi connectivity index (χ2n) is 5.56. The molecule has 1 aromatic rings. The van der Waals surface area contributed by atoms with Crippen molar-refractivity contribution in [1.29, 1.82) is 0 Å². The lowest BCUT2D eigenvalue weighted by molar-refractivity contribution is -0.116. The molecule has 1 amide bonds. The van der Waals surface area contributed by atoms with Gasteiger partial charge in [0, 0.05) is 12.2 Å². The SMILES string of the molecule is CCc1cccc(CC)c1NC(=O)CN1CCCCS1(=O)=O. The van der Waals surface area contributed by atoms with Crippen LogP contribution in [0.25, 0.3) is 0 Å². The molecule has 122 valence electrons. The number of sulfonamides is 1. The number of aryl methyl sites for hydroxylation is 2. The van der Waals surface area contributed by atoms with Crippen LogP contribution in [0.1, 0.15) is 37.8 Å². The van der Waals surface area contributed by atoms with Crippen molar-refractivity contribution in [3.05, 3.63) is 29.3 Å². The van der Waals surface area contributed by atoms with Gasteiger partial charge in [-0.05, 0) is 36.8 Å². The van der Waals surface area contributed by atoms with E-state index in [-0.39, 0.29) is 18.2 Å². The van der Waals surface area contributed by atoms with Gasteiger partial charge in [-0.1, -0.05) is 32.0 Å². The average Bonchev–Trinajstić information content (AvgIpc) is 2.49. The van der Waals surface area contributed by atoms with Crippen molar-refractivity contribution in [1.82, 2.24) is 4.31 Å². The van der Waals surface area contributed by atoms with Crippen LogP contribution in [-0.4, -0.2) is 37.5 Å². The zero-order chi connectivity index (χ0) is 16.2. The Morgan fingerprint density at radius 1 is 1.18 bits per heavy atom. The third kappa shape index (κ3) is 3.87. The lowest BCUT2D eigenvalue weighted by atomic mass is 10.0. The maximum Gasteiger partial charge on any atom is 0.239 e. The topological polar surface area (TPSA) is 66.5 Å². The molecule has 6 heteroatoms. The van der Waals surface area contributed by atoms with Crippen LogP contribution >= 0.6 is 0 Å². The van der Waals surface area contributed by atoms with Crippen molar-refractivity contribution in [2.75, 3.05) is 24.2 Å². The summed E-state index contributed by atoms with van der Waals surface area (Å²) in [6.07, 6.45) is 3.15. The van der Waals surface area contributed by atoms with Gasteiger partial charge < -0.3 is 5.32 Å². The molecule has 1 saturated heterocycles. The predicted molar refractivity (Wildman–Crippen MR) is 88.4 cm³/mol. The van der Waals surface area contributed by atoms with Gasteiger partial charge in [-0.3, -0.25) is 4.79 Å². The number of amides is 1. The van der Waals surface area contributed by atoms with Gasteiger partial charge in [-0.15, -0.1) is 0 Å². The first-order valence-corrected chi connectivity index (χ1v) is 9.47. The van der Waals surface area contributed by atoms with E-state index in [2.05, 4.69) is 5.32 Å². The maximum atomic E-state index is 12.3. The fourth-order valence-corrected chi connectivity index (χ4v) is 4.31. The van der Waals surface area contributed by atoms with E-state index in [0.717, 1.165) is 36.1 Å². The van der Waals surface area contributed by atoms with Gasteiger partial charge in [0.2, 0.25) is 15.9 Å². The maximum absolute atomic E-state index is 12.3. The van der Waals surface area contributed by atoms with Gasteiger partial charge in [0.1, 0.15) is 0 Å². The van der Waals surface area contributed by atoms with Crippen LogP contribution in [0.2, 0.25) is 0 Å². The highest BCUT2D eigenvalue weighted by Crippen LogP contribution is 2.23. The number of carbonyl (C=O) groups is 1. The highest BCUT2D eigenvalue weighted by atomic mass is 32.2. The first-order chi connectivity index (χ1) is 10.5. The minimum Gasteiger partial charge on any atom is -0.324 e. The molecule has 0 spiro atoms. The smallest absolute Gasteiger partial charge is 0.239 e. The number of nitrogens with one attached hydrogen (secondary N) is 1. The second kappa shape index (κ2) is 7.24. The summed E-state index contributed by atoms with van der Waals surface area (Å²) in [5.41, 5.74) is 3.00. The Balaban J connectivity index is 2.12. The Hall–Kier alpha value is -1.40. The molecule has 0 aromatic heterocycles. The van der Waals surface area contributed by atoms with E-state index >= 15 is 0 Å². The number of para-hydroxylation sites is 1. The van der Waals surface area contributed by atoms with Gasteiger partial charge in [-0.2, -0.15) is 4.31 Å². The molecule has 0 radical (unpaired) electrons. The molecular formula is C16H24N2O3S. The largest absolute Gasteiger partial charge is 0.324 e. The number of hydrogen-bond donors (Lipinski definition) is 1. The third-order valence-electron chi connectivity index (χ3n) is 4.04. The molecule has 0 bridgehead atoms.